The molecule has 200 valence electrons. The van der Waals surface area contributed by atoms with Crippen LogP contribution in [0.1, 0.15) is 88.2 Å². The molecule has 1 aliphatic carbocycles. The van der Waals surface area contributed by atoms with Crippen LogP contribution in [0.25, 0.3) is 0 Å². The third-order valence-electron chi connectivity index (χ3n) is 7.00. The van der Waals surface area contributed by atoms with Crippen LogP contribution >= 0.6 is 0 Å². The standard InChI is InChI=1S/C29H38F4O3/c1-3-8-21-9-11-22(12-10-21)23-13-15-24(16-14-23)36-29(32,33)25-17-18-26(28(31)27(25)30)35-20-7-5-4-6-19-34-2/h13-18,21-22H,3-12,19-20H2,1-2H3. The molecular formula is C29H38F4O3. The minimum atomic E-state index is -4.04. The van der Waals surface area contributed by atoms with Crippen molar-refractivity contribution >= 4 is 0 Å². The van der Waals surface area contributed by atoms with Gasteiger partial charge in [0.25, 0.3) is 0 Å². The van der Waals surface area contributed by atoms with E-state index in [9.17, 15) is 17.6 Å². The number of alkyl halides is 2. The van der Waals surface area contributed by atoms with Crippen LogP contribution in [-0.4, -0.2) is 20.3 Å². The third-order valence-corrected chi connectivity index (χ3v) is 7.00. The first kappa shape index (κ1) is 28.3. The molecule has 2 aromatic rings. The van der Waals surface area contributed by atoms with Crippen LogP contribution in [0.5, 0.6) is 11.5 Å². The lowest BCUT2D eigenvalue weighted by Gasteiger charge is -2.28. The van der Waals surface area contributed by atoms with Gasteiger partial charge in [-0.2, -0.15) is 13.2 Å². The second kappa shape index (κ2) is 13.9. The lowest BCUT2D eigenvalue weighted by Crippen LogP contribution is -2.24. The summed E-state index contributed by atoms with van der Waals surface area (Å²) in [5, 5.41) is 0. The summed E-state index contributed by atoms with van der Waals surface area (Å²) >= 11 is 0. The molecule has 7 heteroatoms. The summed E-state index contributed by atoms with van der Waals surface area (Å²) in [7, 11) is 1.63. The Kier molecular flexibility index (Phi) is 10.9. The van der Waals surface area contributed by atoms with E-state index in [-0.39, 0.29) is 18.1 Å². The van der Waals surface area contributed by atoms with Gasteiger partial charge in [-0.05, 0) is 86.6 Å². The second-order valence-electron chi connectivity index (χ2n) is 9.69. The van der Waals surface area contributed by atoms with Gasteiger partial charge in [-0.15, -0.1) is 0 Å². The Morgan fingerprint density at radius 1 is 0.833 bits per heavy atom. The van der Waals surface area contributed by atoms with E-state index in [1.165, 1.54) is 37.8 Å². The van der Waals surface area contributed by atoms with Crippen LogP contribution < -0.4 is 9.47 Å². The van der Waals surface area contributed by atoms with E-state index < -0.39 is 23.3 Å². The zero-order chi connectivity index (χ0) is 26.0. The molecule has 0 radical (unpaired) electrons. The van der Waals surface area contributed by atoms with Gasteiger partial charge in [-0.25, -0.2) is 4.39 Å². The maximum atomic E-state index is 14.8. The number of unbranched alkanes of at least 4 members (excludes halogenated alkanes) is 3. The number of hydrogen-bond donors (Lipinski definition) is 0. The topological polar surface area (TPSA) is 27.7 Å². The zero-order valence-corrected chi connectivity index (χ0v) is 21.3. The molecule has 36 heavy (non-hydrogen) atoms. The minimum Gasteiger partial charge on any atom is -0.490 e. The summed E-state index contributed by atoms with van der Waals surface area (Å²) in [4.78, 5) is 0. The number of benzene rings is 2. The van der Waals surface area contributed by atoms with E-state index in [0.717, 1.165) is 55.7 Å². The predicted octanol–water partition coefficient (Wildman–Crippen LogP) is 8.75. The zero-order valence-electron chi connectivity index (χ0n) is 21.3. The number of hydrogen-bond acceptors (Lipinski definition) is 3. The number of methoxy groups -OCH3 is 1. The summed E-state index contributed by atoms with van der Waals surface area (Å²) in [6.07, 6.45) is 6.30. The minimum absolute atomic E-state index is 0.1000. The first-order valence-corrected chi connectivity index (χ1v) is 13.1. The first-order chi connectivity index (χ1) is 17.4. The van der Waals surface area contributed by atoms with Crippen LogP contribution in [-0.2, 0) is 10.8 Å². The summed E-state index contributed by atoms with van der Waals surface area (Å²) in [5.74, 6) is -2.40. The van der Waals surface area contributed by atoms with Gasteiger partial charge in [0.05, 0.1) is 6.61 Å². The molecule has 0 heterocycles. The van der Waals surface area contributed by atoms with Crippen molar-refractivity contribution in [1.29, 1.82) is 0 Å². The van der Waals surface area contributed by atoms with Crippen LogP contribution in [0.3, 0.4) is 0 Å². The van der Waals surface area contributed by atoms with Gasteiger partial charge in [-0.3, -0.25) is 0 Å². The molecule has 0 atom stereocenters. The second-order valence-corrected chi connectivity index (χ2v) is 9.69. The molecule has 1 fully saturated rings. The fraction of sp³-hybridized carbons (Fsp3) is 0.586. The van der Waals surface area contributed by atoms with Crippen molar-refractivity contribution in [3.05, 3.63) is 59.2 Å². The summed E-state index contributed by atoms with van der Waals surface area (Å²) in [5.41, 5.74) is -0.0664. The van der Waals surface area contributed by atoms with Gasteiger partial charge >= 0.3 is 6.11 Å². The fourth-order valence-corrected chi connectivity index (χ4v) is 4.96. The average Bonchev–Trinajstić information content (AvgIpc) is 2.87. The van der Waals surface area contributed by atoms with Crippen molar-refractivity contribution in [2.24, 2.45) is 5.92 Å². The molecule has 1 aliphatic rings. The van der Waals surface area contributed by atoms with Gasteiger partial charge < -0.3 is 14.2 Å². The molecule has 2 aromatic carbocycles. The largest absolute Gasteiger partial charge is 0.490 e. The monoisotopic (exact) mass is 510 g/mol. The smallest absolute Gasteiger partial charge is 0.429 e. The van der Waals surface area contributed by atoms with E-state index in [0.29, 0.717) is 18.9 Å². The molecular weight excluding hydrogens is 472 g/mol. The molecule has 0 bridgehead atoms. The molecule has 0 aliphatic heterocycles. The Morgan fingerprint density at radius 3 is 2.14 bits per heavy atom. The van der Waals surface area contributed by atoms with Crippen LogP contribution in [0.4, 0.5) is 17.6 Å². The molecule has 0 N–H and O–H groups in total. The van der Waals surface area contributed by atoms with Crippen molar-refractivity contribution in [3.8, 4) is 11.5 Å². The SMILES string of the molecule is CCCC1CCC(c2ccc(OC(F)(F)c3ccc(OCCCCCCOC)c(F)c3F)cc2)CC1. The normalized spacial score (nSPS) is 18.3. The highest BCUT2D eigenvalue weighted by Gasteiger charge is 2.39. The molecule has 0 spiro atoms. The number of rotatable bonds is 14. The highest BCUT2D eigenvalue weighted by atomic mass is 19.3. The quantitative estimate of drug-likeness (QED) is 0.188. The van der Waals surface area contributed by atoms with Crippen LogP contribution in [0.15, 0.2) is 36.4 Å². The molecule has 1 saturated carbocycles. The Morgan fingerprint density at radius 2 is 1.50 bits per heavy atom. The van der Waals surface area contributed by atoms with E-state index in [2.05, 4.69) is 6.92 Å². The maximum absolute atomic E-state index is 14.8. The van der Waals surface area contributed by atoms with Gasteiger partial charge in [0.15, 0.2) is 11.6 Å². The van der Waals surface area contributed by atoms with E-state index in [1.54, 1.807) is 19.2 Å². The maximum Gasteiger partial charge on any atom is 0.429 e. The predicted molar refractivity (Wildman–Crippen MR) is 133 cm³/mol. The van der Waals surface area contributed by atoms with Gasteiger partial charge in [0, 0.05) is 13.7 Å². The van der Waals surface area contributed by atoms with Crippen molar-refractivity contribution in [2.75, 3.05) is 20.3 Å². The van der Waals surface area contributed by atoms with Crippen molar-refractivity contribution < 1.29 is 31.8 Å². The molecule has 3 nitrogen and oxygen atoms in total. The summed E-state index contributed by atoms with van der Waals surface area (Å²) in [6.45, 7) is 3.04. The fourth-order valence-electron chi connectivity index (χ4n) is 4.96. The summed E-state index contributed by atoms with van der Waals surface area (Å²) < 4.78 is 73.5. The highest BCUT2D eigenvalue weighted by molar-refractivity contribution is 5.35. The lowest BCUT2D eigenvalue weighted by atomic mass is 9.77. The van der Waals surface area contributed by atoms with Gasteiger partial charge in [0.1, 0.15) is 11.3 Å². The van der Waals surface area contributed by atoms with Crippen molar-refractivity contribution in [1.82, 2.24) is 0 Å². The van der Waals surface area contributed by atoms with Gasteiger partial charge in [-0.1, -0.05) is 38.3 Å². The molecule has 0 amide bonds. The summed E-state index contributed by atoms with van der Waals surface area (Å²) in [6, 6.07) is 8.36. The Bertz CT molecular complexity index is 925. The molecule has 0 saturated heterocycles. The van der Waals surface area contributed by atoms with Crippen LogP contribution in [0.2, 0.25) is 0 Å². The average molecular weight is 511 g/mol. The third kappa shape index (κ3) is 7.86. The lowest BCUT2D eigenvalue weighted by molar-refractivity contribution is -0.187. The van der Waals surface area contributed by atoms with Crippen molar-refractivity contribution in [2.45, 2.75) is 83.2 Å². The Balaban J connectivity index is 1.56. The highest BCUT2D eigenvalue weighted by Crippen LogP contribution is 2.39. The van der Waals surface area contributed by atoms with Crippen LogP contribution in [0, 0.1) is 17.6 Å². The molecule has 0 unspecified atom stereocenters. The molecule has 0 aromatic heterocycles. The van der Waals surface area contributed by atoms with E-state index in [1.807, 2.05) is 0 Å². The van der Waals surface area contributed by atoms with Gasteiger partial charge in [0.2, 0.25) is 5.82 Å². The first-order valence-electron chi connectivity index (χ1n) is 13.1. The van der Waals surface area contributed by atoms with E-state index >= 15 is 0 Å². The molecule has 3 rings (SSSR count). The van der Waals surface area contributed by atoms with Crippen molar-refractivity contribution in [3.63, 3.8) is 0 Å². The number of halogens is 4. The Hall–Kier alpha value is -2.28. The van der Waals surface area contributed by atoms with E-state index in [4.69, 9.17) is 14.2 Å². The number of ether oxygens (including phenoxy) is 3. The Labute approximate surface area is 212 Å².